The zero-order chi connectivity index (χ0) is 14.5. The molecule has 0 saturated carbocycles. The van der Waals surface area contributed by atoms with E-state index in [-0.39, 0.29) is 6.04 Å². The predicted molar refractivity (Wildman–Crippen MR) is 86.6 cm³/mol. The van der Waals surface area contributed by atoms with E-state index in [2.05, 4.69) is 45.1 Å². The van der Waals surface area contributed by atoms with Crippen LogP contribution in [-0.2, 0) is 0 Å². The number of hydrogen-bond acceptors (Lipinski definition) is 3. The van der Waals surface area contributed by atoms with E-state index in [1.807, 2.05) is 37.4 Å². The highest BCUT2D eigenvalue weighted by molar-refractivity contribution is 9.10. The van der Waals surface area contributed by atoms with Crippen LogP contribution in [0.2, 0.25) is 0 Å². The van der Waals surface area contributed by atoms with E-state index in [1.165, 1.54) is 0 Å². The van der Waals surface area contributed by atoms with Gasteiger partial charge in [-0.1, -0.05) is 41.1 Å². The van der Waals surface area contributed by atoms with Crippen LogP contribution >= 0.6 is 15.9 Å². The van der Waals surface area contributed by atoms with E-state index in [9.17, 15) is 0 Å². The summed E-state index contributed by atoms with van der Waals surface area (Å²) in [4.78, 5) is 9.17. The van der Waals surface area contributed by atoms with Gasteiger partial charge in [0.2, 0.25) is 0 Å². The molecule has 0 fully saturated rings. The predicted octanol–water partition coefficient (Wildman–Crippen LogP) is 4.28. The molecule has 0 aliphatic carbocycles. The first-order chi connectivity index (χ1) is 9.63. The van der Waals surface area contributed by atoms with Gasteiger partial charge in [-0.2, -0.15) is 0 Å². The van der Waals surface area contributed by atoms with Crippen LogP contribution in [0.15, 0.2) is 34.9 Å². The maximum absolute atomic E-state index is 4.65. The second kappa shape index (κ2) is 6.95. The van der Waals surface area contributed by atoms with Crippen molar-refractivity contribution in [2.75, 3.05) is 6.54 Å². The van der Waals surface area contributed by atoms with Crippen LogP contribution in [-0.4, -0.2) is 16.5 Å². The van der Waals surface area contributed by atoms with Crippen molar-refractivity contribution in [3.8, 4) is 11.4 Å². The first-order valence-electron chi connectivity index (χ1n) is 6.95. The smallest absolute Gasteiger partial charge is 0.160 e. The summed E-state index contributed by atoms with van der Waals surface area (Å²) in [6, 6.07) is 8.30. The first kappa shape index (κ1) is 15.1. The van der Waals surface area contributed by atoms with Crippen molar-refractivity contribution < 1.29 is 0 Å². The fraction of sp³-hybridized carbons (Fsp3) is 0.375. The summed E-state index contributed by atoms with van der Waals surface area (Å²) in [5.74, 6) is 0.765. The molecular formula is C16H20BrN3. The summed E-state index contributed by atoms with van der Waals surface area (Å²) < 4.78 is 1.02. The number of halogens is 1. The molecule has 2 aromatic rings. The van der Waals surface area contributed by atoms with E-state index in [0.717, 1.165) is 40.1 Å². The standard InChI is InChI=1S/C16H20BrN3/c1-4-9-18-11(2)14-10-19-16(20-12(14)3)13-7-5-6-8-15(13)17/h5-8,10-11,18H,4,9H2,1-3H3. The van der Waals surface area contributed by atoms with Gasteiger partial charge in [0.1, 0.15) is 0 Å². The van der Waals surface area contributed by atoms with Crippen LogP contribution in [0.5, 0.6) is 0 Å². The zero-order valence-electron chi connectivity index (χ0n) is 12.2. The molecule has 0 amide bonds. The fourth-order valence-corrected chi connectivity index (χ4v) is 2.61. The molecule has 0 aliphatic heterocycles. The number of rotatable bonds is 5. The molecule has 106 valence electrons. The van der Waals surface area contributed by atoms with Crippen LogP contribution in [0, 0.1) is 6.92 Å². The highest BCUT2D eigenvalue weighted by atomic mass is 79.9. The molecule has 1 heterocycles. The van der Waals surface area contributed by atoms with Crippen molar-refractivity contribution in [3.63, 3.8) is 0 Å². The van der Waals surface area contributed by atoms with E-state index < -0.39 is 0 Å². The Morgan fingerprint density at radius 1 is 1.30 bits per heavy atom. The summed E-state index contributed by atoms with van der Waals surface area (Å²) in [6.07, 6.45) is 3.06. The third-order valence-electron chi connectivity index (χ3n) is 3.30. The lowest BCUT2D eigenvalue weighted by atomic mass is 10.1. The van der Waals surface area contributed by atoms with E-state index in [4.69, 9.17) is 0 Å². The maximum Gasteiger partial charge on any atom is 0.160 e. The van der Waals surface area contributed by atoms with Gasteiger partial charge < -0.3 is 5.32 Å². The quantitative estimate of drug-likeness (QED) is 0.887. The molecule has 20 heavy (non-hydrogen) atoms. The van der Waals surface area contributed by atoms with Gasteiger partial charge in [0.05, 0.1) is 0 Å². The summed E-state index contributed by atoms with van der Waals surface area (Å²) in [5.41, 5.74) is 3.22. The Morgan fingerprint density at radius 2 is 2.05 bits per heavy atom. The highest BCUT2D eigenvalue weighted by Gasteiger charge is 2.12. The fourth-order valence-electron chi connectivity index (χ4n) is 2.14. The third kappa shape index (κ3) is 3.44. The second-order valence-corrected chi connectivity index (χ2v) is 5.74. The molecule has 0 bridgehead atoms. The van der Waals surface area contributed by atoms with Gasteiger partial charge in [0.15, 0.2) is 5.82 Å². The minimum Gasteiger partial charge on any atom is -0.310 e. The number of aromatic nitrogens is 2. The molecule has 3 nitrogen and oxygen atoms in total. The molecular weight excluding hydrogens is 314 g/mol. The van der Waals surface area contributed by atoms with Gasteiger partial charge in [-0.05, 0) is 32.9 Å². The molecule has 0 radical (unpaired) electrons. The van der Waals surface area contributed by atoms with Crippen molar-refractivity contribution in [1.82, 2.24) is 15.3 Å². The topological polar surface area (TPSA) is 37.8 Å². The van der Waals surface area contributed by atoms with Crippen LogP contribution in [0.25, 0.3) is 11.4 Å². The molecule has 1 aromatic heterocycles. The Bertz CT molecular complexity index is 584. The molecule has 4 heteroatoms. The molecule has 0 saturated heterocycles. The lowest BCUT2D eigenvalue weighted by Gasteiger charge is -2.16. The first-order valence-corrected chi connectivity index (χ1v) is 7.74. The molecule has 1 aromatic carbocycles. The van der Waals surface area contributed by atoms with E-state index >= 15 is 0 Å². The van der Waals surface area contributed by atoms with Crippen LogP contribution in [0.3, 0.4) is 0 Å². The van der Waals surface area contributed by atoms with Crippen molar-refractivity contribution in [2.45, 2.75) is 33.2 Å². The second-order valence-electron chi connectivity index (χ2n) is 4.89. The normalized spacial score (nSPS) is 12.4. The molecule has 1 atom stereocenters. The summed E-state index contributed by atoms with van der Waals surface area (Å²) in [6.45, 7) is 7.37. The number of benzene rings is 1. The average molecular weight is 334 g/mol. The molecule has 1 N–H and O–H groups in total. The van der Waals surface area contributed by atoms with Gasteiger partial charge in [-0.25, -0.2) is 9.97 Å². The Morgan fingerprint density at radius 3 is 2.70 bits per heavy atom. The largest absolute Gasteiger partial charge is 0.310 e. The van der Waals surface area contributed by atoms with Gasteiger partial charge >= 0.3 is 0 Å². The highest BCUT2D eigenvalue weighted by Crippen LogP contribution is 2.26. The molecule has 1 unspecified atom stereocenters. The summed E-state index contributed by atoms with van der Waals surface area (Å²) >= 11 is 3.55. The van der Waals surface area contributed by atoms with Crippen molar-refractivity contribution in [3.05, 3.63) is 46.2 Å². The van der Waals surface area contributed by atoms with Crippen molar-refractivity contribution in [2.24, 2.45) is 0 Å². The number of hydrogen-bond donors (Lipinski definition) is 1. The summed E-state index contributed by atoms with van der Waals surface area (Å²) in [5, 5.41) is 3.47. The number of nitrogens with one attached hydrogen (secondary N) is 1. The average Bonchev–Trinajstić information content (AvgIpc) is 2.45. The van der Waals surface area contributed by atoms with E-state index in [0.29, 0.717) is 0 Å². The molecule has 0 spiro atoms. The number of aryl methyl sites for hydroxylation is 1. The summed E-state index contributed by atoms with van der Waals surface area (Å²) in [7, 11) is 0. The number of nitrogens with zero attached hydrogens (tertiary/aromatic N) is 2. The van der Waals surface area contributed by atoms with E-state index in [1.54, 1.807) is 0 Å². The third-order valence-corrected chi connectivity index (χ3v) is 3.99. The zero-order valence-corrected chi connectivity index (χ0v) is 13.7. The van der Waals surface area contributed by atoms with Crippen molar-refractivity contribution in [1.29, 1.82) is 0 Å². The Labute approximate surface area is 129 Å². The SMILES string of the molecule is CCCNC(C)c1cnc(-c2ccccc2Br)nc1C. The van der Waals surface area contributed by atoms with Crippen LogP contribution < -0.4 is 5.32 Å². The Balaban J connectivity index is 2.28. The van der Waals surface area contributed by atoms with Crippen LogP contribution in [0.4, 0.5) is 0 Å². The monoisotopic (exact) mass is 333 g/mol. The Hall–Kier alpha value is -1.26. The van der Waals surface area contributed by atoms with Crippen LogP contribution in [0.1, 0.15) is 37.6 Å². The molecule has 0 aliphatic rings. The van der Waals surface area contributed by atoms with Gasteiger partial charge in [-0.15, -0.1) is 0 Å². The minimum absolute atomic E-state index is 0.281. The Kier molecular flexibility index (Phi) is 5.26. The lowest BCUT2D eigenvalue weighted by Crippen LogP contribution is -2.20. The lowest BCUT2D eigenvalue weighted by molar-refractivity contribution is 0.564. The maximum atomic E-state index is 4.65. The minimum atomic E-state index is 0.281. The van der Waals surface area contributed by atoms with Gasteiger partial charge in [0.25, 0.3) is 0 Å². The van der Waals surface area contributed by atoms with Gasteiger partial charge in [0, 0.05) is 33.5 Å². The molecule has 2 rings (SSSR count). The van der Waals surface area contributed by atoms with Crippen molar-refractivity contribution >= 4 is 15.9 Å². The van der Waals surface area contributed by atoms with Gasteiger partial charge in [-0.3, -0.25) is 0 Å².